The standard InChI is InChI=1S/C8H9BrS/c1-3-6(2)7-4-10-5-8(7)9/h3-5H,1-2H3. The fourth-order valence-corrected chi connectivity index (χ4v) is 2.38. The summed E-state index contributed by atoms with van der Waals surface area (Å²) in [5.74, 6) is 0. The first-order chi connectivity index (χ1) is 4.75. The maximum atomic E-state index is 3.48. The molecule has 1 aromatic rings. The molecule has 0 aromatic carbocycles. The van der Waals surface area contributed by atoms with E-state index in [1.54, 1.807) is 11.3 Å². The summed E-state index contributed by atoms with van der Waals surface area (Å²) in [5, 5.41) is 4.25. The fraction of sp³-hybridized carbons (Fsp3) is 0.250. The third-order valence-corrected chi connectivity index (χ3v) is 3.18. The maximum absolute atomic E-state index is 3.48. The van der Waals surface area contributed by atoms with E-state index in [1.165, 1.54) is 15.6 Å². The number of allylic oxidation sites excluding steroid dienone is 2. The minimum atomic E-state index is 1.20. The van der Waals surface area contributed by atoms with Gasteiger partial charge in [-0.3, -0.25) is 0 Å². The molecule has 0 N–H and O–H groups in total. The lowest BCUT2D eigenvalue weighted by Gasteiger charge is -1.95. The first kappa shape index (κ1) is 8.02. The van der Waals surface area contributed by atoms with Crippen LogP contribution in [0.15, 0.2) is 21.3 Å². The molecule has 1 heterocycles. The molecule has 1 rings (SSSR count). The van der Waals surface area contributed by atoms with E-state index in [9.17, 15) is 0 Å². The van der Waals surface area contributed by atoms with Crippen molar-refractivity contribution in [2.24, 2.45) is 0 Å². The third kappa shape index (κ3) is 1.50. The molecule has 0 amide bonds. The topological polar surface area (TPSA) is 0 Å². The van der Waals surface area contributed by atoms with Gasteiger partial charge in [0.15, 0.2) is 0 Å². The second-order valence-electron chi connectivity index (χ2n) is 2.11. The second kappa shape index (κ2) is 3.35. The lowest BCUT2D eigenvalue weighted by molar-refractivity contribution is 1.58. The minimum Gasteiger partial charge on any atom is -0.151 e. The Morgan fingerprint density at radius 1 is 1.60 bits per heavy atom. The van der Waals surface area contributed by atoms with Gasteiger partial charge in [-0.2, -0.15) is 11.3 Å². The quantitative estimate of drug-likeness (QED) is 0.668. The van der Waals surface area contributed by atoms with E-state index in [2.05, 4.69) is 46.6 Å². The molecule has 1 aromatic heterocycles. The molecule has 0 aliphatic heterocycles. The molecule has 54 valence electrons. The molecule has 0 fully saturated rings. The normalized spacial score (nSPS) is 12.1. The molecule has 0 saturated carbocycles. The summed E-state index contributed by atoms with van der Waals surface area (Å²) in [6, 6.07) is 0. The Kier molecular flexibility index (Phi) is 2.69. The van der Waals surface area contributed by atoms with Crippen molar-refractivity contribution in [1.29, 1.82) is 0 Å². The highest BCUT2D eigenvalue weighted by molar-refractivity contribution is 9.10. The number of hydrogen-bond acceptors (Lipinski definition) is 1. The van der Waals surface area contributed by atoms with Crippen molar-refractivity contribution in [1.82, 2.24) is 0 Å². The zero-order chi connectivity index (χ0) is 7.56. The molecule has 0 nitrogen and oxygen atoms in total. The van der Waals surface area contributed by atoms with Crippen molar-refractivity contribution < 1.29 is 0 Å². The van der Waals surface area contributed by atoms with Crippen molar-refractivity contribution in [3.8, 4) is 0 Å². The van der Waals surface area contributed by atoms with Crippen LogP contribution in [-0.4, -0.2) is 0 Å². The van der Waals surface area contributed by atoms with Crippen LogP contribution in [0.3, 0.4) is 0 Å². The van der Waals surface area contributed by atoms with Gasteiger partial charge in [0.1, 0.15) is 0 Å². The molecule has 0 atom stereocenters. The molecule has 10 heavy (non-hydrogen) atoms. The first-order valence-electron chi connectivity index (χ1n) is 3.10. The Labute approximate surface area is 73.7 Å². The summed E-state index contributed by atoms with van der Waals surface area (Å²) < 4.78 is 1.20. The highest BCUT2D eigenvalue weighted by Crippen LogP contribution is 2.27. The van der Waals surface area contributed by atoms with E-state index in [4.69, 9.17) is 0 Å². The first-order valence-corrected chi connectivity index (χ1v) is 4.84. The van der Waals surface area contributed by atoms with Gasteiger partial charge < -0.3 is 0 Å². The van der Waals surface area contributed by atoms with Gasteiger partial charge in [0.25, 0.3) is 0 Å². The van der Waals surface area contributed by atoms with Gasteiger partial charge in [-0.1, -0.05) is 6.08 Å². The van der Waals surface area contributed by atoms with Gasteiger partial charge in [0.2, 0.25) is 0 Å². The molecule has 0 unspecified atom stereocenters. The van der Waals surface area contributed by atoms with E-state index >= 15 is 0 Å². The average molecular weight is 217 g/mol. The Hall–Kier alpha value is -0.0800. The van der Waals surface area contributed by atoms with Crippen LogP contribution >= 0.6 is 27.3 Å². The van der Waals surface area contributed by atoms with E-state index in [0.717, 1.165) is 0 Å². The summed E-state index contributed by atoms with van der Waals surface area (Å²) in [6.45, 7) is 4.17. The second-order valence-corrected chi connectivity index (χ2v) is 3.70. The van der Waals surface area contributed by atoms with Crippen LogP contribution in [0.4, 0.5) is 0 Å². The molecule has 0 aliphatic carbocycles. The molecule has 0 radical (unpaired) electrons. The van der Waals surface area contributed by atoms with Gasteiger partial charge in [-0.15, -0.1) is 0 Å². The number of thiophene rings is 1. The zero-order valence-electron chi connectivity index (χ0n) is 6.02. The summed E-state index contributed by atoms with van der Waals surface area (Å²) in [4.78, 5) is 0. The van der Waals surface area contributed by atoms with E-state index < -0.39 is 0 Å². The van der Waals surface area contributed by atoms with Crippen molar-refractivity contribution >= 4 is 32.8 Å². The van der Waals surface area contributed by atoms with Gasteiger partial charge in [0.05, 0.1) is 0 Å². The summed E-state index contributed by atoms with van der Waals surface area (Å²) in [5.41, 5.74) is 2.64. The van der Waals surface area contributed by atoms with Crippen LogP contribution in [0.2, 0.25) is 0 Å². The Bertz CT molecular complexity index is 248. The monoisotopic (exact) mass is 216 g/mol. The van der Waals surface area contributed by atoms with Gasteiger partial charge in [0, 0.05) is 15.4 Å². The largest absolute Gasteiger partial charge is 0.151 e. The lowest BCUT2D eigenvalue weighted by Crippen LogP contribution is -1.72. The molecule has 0 aliphatic rings. The van der Waals surface area contributed by atoms with Crippen LogP contribution in [0.1, 0.15) is 19.4 Å². The van der Waals surface area contributed by atoms with Gasteiger partial charge in [-0.05, 0) is 40.7 Å². The fourth-order valence-electron chi connectivity index (χ4n) is 0.718. The Morgan fingerprint density at radius 3 is 2.70 bits per heavy atom. The maximum Gasteiger partial charge on any atom is 0.0357 e. The van der Waals surface area contributed by atoms with Gasteiger partial charge >= 0.3 is 0 Å². The molecule has 0 spiro atoms. The van der Waals surface area contributed by atoms with Crippen LogP contribution in [0.25, 0.3) is 5.57 Å². The SMILES string of the molecule is CC=C(C)c1cscc1Br. The van der Waals surface area contributed by atoms with Crippen LogP contribution in [-0.2, 0) is 0 Å². The summed E-state index contributed by atoms with van der Waals surface area (Å²) in [6.07, 6.45) is 2.12. The van der Waals surface area contributed by atoms with E-state index in [0.29, 0.717) is 0 Å². The molecular formula is C8H9BrS. The van der Waals surface area contributed by atoms with Crippen molar-refractivity contribution in [3.63, 3.8) is 0 Å². The average Bonchev–Trinajstić information content (AvgIpc) is 2.34. The molecular weight excluding hydrogens is 208 g/mol. The van der Waals surface area contributed by atoms with Crippen LogP contribution < -0.4 is 0 Å². The molecule has 0 saturated heterocycles. The number of rotatable bonds is 1. The predicted molar refractivity (Wildman–Crippen MR) is 51.3 cm³/mol. The summed E-state index contributed by atoms with van der Waals surface area (Å²) >= 11 is 5.20. The number of hydrogen-bond donors (Lipinski definition) is 0. The Balaban J connectivity index is 3.05. The lowest BCUT2D eigenvalue weighted by atomic mass is 10.2. The molecule has 2 heteroatoms. The smallest absolute Gasteiger partial charge is 0.0357 e. The van der Waals surface area contributed by atoms with Crippen LogP contribution in [0, 0.1) is 0 Å². The number of halogens is 1. The Morgan fingerprint density at radius 2 is 2.30 bits per heavy atom. The van der Waals surface area contributed by atoms with Crippen LogP contribution in [0.5, 0.6) is 0 Å². The third-order valence-electron chi connectivity index (χ3n) is 1.47. The van der Waals surface area contributed by atoms with E-state index in [-0.39, 0.29) is 0 Å². The van der Waals surface area contributed by atoms with Crippen molar-refractivity contribution in [2.75, 3.05) is 0 Å². The zero-order valence-corrected chi connectivity index (χ0v) is 8.42. The predicted octanol–water partition coefficient (Wildman–Crippen LogP) is 3.93. The molecule has 0 bridgehead atoms. The minimum absolute atomic E-state index is 1.20. The van der Waals surface area contributed by atoms with Crippen molar-refractivity contribution in [3.05, 3.63) is 26.9 Å². The highest BCUT2D eigenvalue weighted by atomic mass is 79.9. The van der Waals surface area contributed by atoms with Crippen molar-refractivity contribution in [2.45, 2.75) is 13.8 Å². The van der Waals surface area contributed by atoms with Gasteiger partial charge in [-0.25, -0.2) is 0 Å². The summed E-state index contributed by atoms with van der Waals surface area (Å²) in [7, 11) is 0. The highest BCUT2D eigenvalue weighted by Gasteiger charge is 1.99. The van der Waals surface area contributed by atoms with E-state index in [1.807, 2.05) is 0 Å².